The van der Waals surface area contributed by atoms with Crippen molar-refractivity contribution in [1.29, 1.82) is 0 Å². The Bertz CT molecular complexity index is 470. The highest BCUT2D eigenvalue weighted by Gasteiger charge is 2.64. The number of allylic oxidation sites excluding steroid dienone is 1. The van der Waals surface area contributed by atoms with Gasteiger partial charge in [-0.05, 0) is 60.2 Å². The topological polar surface area (TPSA) is 40.5 Å². The van der Waals surface area contributed by atoms with E-state index in [1.807, 2.05) is 6.08 Å². The van der Waals surface area contributed by atoms with Crippen molar-refractivity contribution in [3.63, 3.8) is 0 Å². The Morgan fingerprint density at radius 1 is 1.09 bits per heavy atom. The molecule has 3 saturated carbocycles. The van der Waals surface area contributed by atoms with Gasteiger partial charge in [0.15, 0.2) is 0 Å². The normalized spacial score (nSPS) is 54.2. The summed E-state index contributed by atoms with van der Waals surface area (Å²) < 4.78 is 0. The van der Waals surface area contributed by atoms with Crippen LogP contribution in [0.15, 0.2) is 12.7 Å². The molecule has 2 nitrogen and oxygen atoms in total. The summed E-state index contributed by atoms with van der Waals surface area (Å²) in [5.74, 6) is 0.633. The molecule has 22 heavy (non-hydrogen) atoms. The average molecular weight is 306 g/mol. The SMILES string of the molecule is C=CC1(C)CCC2C(O)(CC(O)C3C(C)(C)CCCC32C)C1. The number of hydrogen-bond donors (Lipinski definition) is 2. The fourth-order valence-electron chi connectivity index (χ4n) is 6.95. The smallest absolute Gasteiger partial charge is 0.0714 e. The standard InChI is InChI=1S/C20H34O2/c1-6-18(4)11-8-15-19(5)10-7-9-17(2,3)16(19)14(21)12-20(15,22)13-18/h6,14-16,21-22H,1,7-13H2,2-5H3. The van der Waals surface area contributed by atoms with Gasteiger partial charge in [-0.2, -0.15) is 0 Å². The molecule has 0 saturated heterocycles. The third kappa shape index (κ3) is 2.21. The molecule has 0 aromatic carbocycles. The second-order valence-corrected chi connectivity index (χ2v) is 9.83. The highest BCUT2D eigenvalue weighted by molar-refractivity contribution is 5.16. The Hall–Kier alpha value is -0.340. The van der Waals surface area contributed by atoms with E-state index in [1.54, 1.807) is 0 Å². The molecule has 3 aliphatic carbocycles. The molecule has 0 amide bonds. The zero-order valence-corrected chi connectivity index (χ0v) is 14.9. The van der Waals surface area contributed by atoms with Crippen LogP contribution in [0, 0.1) is 28.1 Å². The van der Waals surface area contributed by atoms with Crippen molar-refractivity contribution in [2.75, 3.05) is 0 Å². The molecular formula is C20H34O2. The molecule has 0 aromatic rings. The molecule has 0 aliphatic heterocycles. The monoisotopic (exact) mass is 306 g/mol. The largest absolute Gasteiger partial charge is 0.393 e. The minimum Gasteiger partial charge on any atom is -0.393 e. The quantitative estimate of drug-likeness (QED) is 0.709. The molecule has 126 valence electrons. The molecular weight excluding hydrogens is 272 g/mol. The van der Waals surface area contributed by atoms with Gasteiger partial charge in [0.05, 0.1) is 11.7 Å². The van der Waals surface area contributed by atoms with Crippen molar-refractivity contribution < 1.29 is 10.2 Å². The van der Waals surface area contributed by atoms with Gasteiger partial charge in [-0.15, -0.1) is 6.58 Å². The van der Waals surface area contributed by atoms with Crippen LogP contribution in [0.5, 0.6) is 0 Å². The Labute approximate surface area is 136 Å². The first-order valence-corrected chi connectivity index (χ1v) is 9.10. The molecule has 3 rings (SSSR count). The Balaban J connectivity index is 2.00. The lowest BCUT2D eigenvalue weighted by molar-refractivity contribution is -0.239. The second kappa shape index (κ2) is 4.83. The Morgan fingerprint density at radius 3 is 2.41 bits per heavy atom. The minimum absolute atomic E-state index is 0.0123. The number of rotatable bonds is 1. The van der Waals surface area contributed by atoms with Crippen LogP contribution in [-0.2, 0) is 0 Å². The van der Waals surface area contributed by atoms with Crippen molar-refractivity contribution in [1.82, 2.24) is 0 Å². The third-order valence-electron chi connectivity index (χ3n) is 7.69. The van der Waals surface area contributed by atoms with Gasteiger partial charge in [-0.3, -0.25) is 0 Å². The number of hydrogen-bond acceptors (Lipinski definition) is 2. The fourth-order valence-corrected chi connectivity index (χ4v) is 6.95. The number of aliphatic hydroxyl groups excluding tert-OH is 1. The van der Waals surface area contributed by atoms with Crippen LogP contribution in [-0.4, -0.2) is 21.9 Å². The van der Waals surface area contributed by atoms with E-state index in [0.717, 1.165) is 25.7 Å². The van der Waals surface area contributed by atoms with E-state index >= 15 is 0 Å². The van der Waals surface area contributed by atoms with E-state index in [-0.39, 0.29) is 22.3 Å². The molecule has 6 unspecified atom stereocenters. The summed E-state index contributed by atoms with van der Waals surface area (Å²) in [4.78, 5) is 0. The van der Waals surface area contributed by atoms with Crippen LogP contribution in [0.25, 0.3) is 0 Å². The number of fused-ring (bicyclic) bond motifs is 3. The summed E-state index contributed by atoms with van der Waals surface area (Å²) >= 11 is 0. The van der Waals surface area contributed by atoms with Crippen molar-refractivity contribution in [3.8, 4) is 0 Å². The number of aliphatic hydroxyl groups is 2. The summed E-state index contributed by atoms with van der Waals surface area (Å²) in [5, 5.41) is 22.5. The van der Waals surface area contributed by atoms with Crippen molar-refractivity contribution in [2.45, 2.75) is 84.3 Å². The van der Waals surface area contributed by atoms with Gasteiger partial charge in [0.2, 0.25) is 0 Å². The summed E-state index contributed by atoms with van der Waals surface area (Å²) in [6.07, 6.45) is 8.69. The predicted octanol–water partition coefficient (Wildman–Crippen LogP) is 4.31. The van der Waals surface area contributed by atoms with E-state index in [4.69, 9.17) is 0 Å². The minimum atomic E-state index is -0.723. The maximum atomic E-state index is 11.5. The lowest BCUT2D eigenvalue weighted by Gasteiger charge is -2.66. The van der Waals surface area contributed by atoms with Crippen LogP contribution in [0.2, 0.25) is 0 Å². The Kier molecular flexibility index (Phi) is 3.63. The van der Waals surface area contributed by atoms with Gasteiger partial charge in [0.1, 0.15) is 0 Å². The molecule has 0 bridgehead atoms. The molecule has 2 heteroatoms. The van der Waals surface area contributed by atoms with Crippen molar-refractivity contribution in [2.24, 2.45) is 28.1 Å². The first kappa shape index (κ1) is 16.5. The lowest BCUT2D eigenvalue weighted by Crippen LogP contribution is -2.65. The van der Waals surface area contributed by atoms with Crippen LogP contribution in [0.3, 0.4) is 0 Å². The van der Waals surface area contributed by atoms with E-state index in [0.29, 0.717) is 18.3 Å². The molecule has 0 aromatic heterocycles. The maximum Gasteiger partial charge on any atom is 0.0714 e. The van der Waals surface area contributed by atoms with Gasteiger partial charge in [0, 0.05) is 6.42 Å². The lowest BCUT2D eigenvalue weighted by atomic mass is 9.41. The molecule has 3 aliphatic rings. The summed E-state index contributed by atoms with van der Waals surface area (Å²) in [6, 6.07) is 0. The van der Waals surface area contributed by atoms with Gasteiger partial charge < -0.3 is 10.2 Å². The molecule has 0 radical (unpaired) electrons. The van der Waals surface area contributed by atoms with Gasteiger partial charge >= 0.3 is 0 Å². The van der Waals surface area contributed by atoms with Crippen molar-refractivity contribution in [3.05, 3.63) is 12.7 Å². The predicted molar refractivity (Wildman–Crippen MR) is 90.4 cm³/mol. The maximum absolute atomic E-state index is 11.5. The van der Waals surface area contributed by atoms with Crippen LogP contribution < -0.4 is 0 Å². The van der Waals surface area contributed by atoms with Gasteiger partial charge in [0.25, 0.3) is 0 Å². The van der Waals surface area contributed by atoms with E-state index in [2.05, 4.69) is 34.3 Å². The highest BCUT2D eigenvalue weighted by atomic mass is 16.3. The second-order valence-electron chi connectivity index (χ2n) is 9.83. The van der Waals surface area contributed by atoms with E-state index in [9.17, 15) is 10.2 Å². The first-order chi connectivity index (χ1) is 10.1. The van der Waals surface area contributed by atoms with Crippen LogP contribution in [0.1, 0.15) is 72.6 Å². The Morgan fingerprint density at radius 2 is 1.77 bits per heavy atom. The van der Waals surface area contributed by atoms with Crippen LogP contribution >= 0.6 is 0 Å². The molecule has 0 heterocycles. The summed E-state index contributed by atoms with van der Waals surface area (Å²) in [5.41, 5.74) is -0.471. The summed E-state index contributed by atoms with van der Waals surface area (Å²) in [6.45, 7) is 13.2. The molecule has 2 N–H and O–H groups in total. The molecule has 3 fully saturated rings. The summed E-state index contributed by atoms with van der Waals surface area (Å²) in [7, 11) is 0. The third-order valence-corrected chi connectivity index (χ3v) is 7.69. The van der Waals surface area contributed by atoms with E-state index in [1.165, 1.54) is 12.8 Å². The van der Waals surface area contributed by atoms with Crippen LogP contribution in [0.4, 0.5) is 0 Å². The van der Waals surface area contributed by atoms with Gasteiger partial charge in [-0.1, -0.05) is 40.2 Å². The molecule has 0 spiro atoms. The van der Waals surface area contributed by atoms with E-state index < -0.39 is 5.60 Å². The van der Waals surface area contributed by atoms with Crippen molar-refractivity contribution >= 4 is 0 Å². The zero-order valence-electron chi connectivity index (χ0n) is 14.9. The molecule has 6 atom stereocenters. The average Bonchev–Trinajstić information content (AvgIpc) is 2.35. The fraction of sp³-hybridized carbons (Fsp3) is 0.900. The zero-order chi connectivity index (χ0) is 16.4. The van der Waals surface area contributed by atoms with Gasteiger partial charge in [-0.25, -0.2) is 0 Å². The first-order valence-electron chi connectivity index (χ1n) is 9.10. The highest BCUT2D eigenvalue weighted by Crippen LogP contribution is 2.66.